The van der Waals surface area contributed by atoms with Gasteiger partial charge in [0, 0.05) is 79.9 Å². The number of aliphatic carboxylic acids is 1. The fourth-order valence-electron chi connectivity index (χ4n) is 12.0. The Balaban J connectivity index is 0.000000597. The van der Waals surface area contributed by atoms with Crippen LogP contribution < -0.4 is 37.6 Å². The van der Waals surface area contributed by atoms with E-state index in [0.29, 0.717) is 49.5 Å². The SMILES string of the molecule is CC[C@H](C)C(C)[C@@H](CC(=O)N1CCC[C@H]1[C@H](OC)[C@@H](C)C(=O)N[C@@H](Cc1ccccc1)C(=O)O)OC.CSC1CC(=O)N(CCCCCC(=O)NC(C(=O)N[C@@H](CCCNC(N)=O)C(=O)Nc2ccc(COC(=O)N(C)[C@H](C(=O)N[C@H](C(=O)N(C)C)C(C)C)C(C)C)cc2)C(C)C)C1=O. The number of imide groups is 1. The van der Waals surface area contributed by atoms with Crippen LogP contribution in [-0.4, -0.2) is 211 Å². The number of rotatable bonds is 39. The fraction of sp³-hybridized carbons (Fsp3) is 0.662. The zero-order valence-corrected chi connectivity index (χ0v) is 61.8. The van der Waals surface area contributed by atoms with Crippen LogP contribution in [0.1, 0.15) is 151 Å². The number of nitrogens with one attached hydrogen (secondary N) is 6. The van der Waals surface area contributed by atoms with E-state index in [0.717, 1.165) is 24.8 Å². The first-order valence-electron chi connectivity index (χ1n) is 34.5. The third kappa shape index (κ3) is 27.3. The number of likely N-dealkylation sites (N-methyl/N-ethyl adjacent to an activating group) is 2. The summed E-state index contributed by atoms with van der Waals surface area (Å²) in [5.74, 6) is -4.87. The quantitative estimate of drug-likeness (QED) is 0.0277. The Bertz CT molecular complexity index is 2980. The number of amides is 12. The lowest BCUT2D eigenvalue weighted by Crippen LogP contribution is -2.57. The monoisotopic (exact) mass is 1410 g/mol. The summed E-state index contributed by atoms with van der Waals surface area (Å²) in [7, 11) is 7.85. The van der Waals surface area contributed by atoms with Crippen molar-refractivity contribution in [3.8, 4) is 0 Å². The number of unbranched alkanes of at least 4 members (excludes halogenated alkanes) is 2. The van der Waals surface area contributed by atoms with E-state index in [4.69, 9.17) is 19.9 Å². The standard InChI is InChI=1S/C43H69N9O10S.C28H44N2O6/c1-25(2)34(48-32(53)16-12-11-13-22-52-33(54)23-31(63-10)40(52)58)38(56)47-30(15-14-21-45-42(44)60)37(55)46-29-19-17-28(18-20-29)24-62-43(61)51(9)36(27(5)6)39(57)49-35(26(3)4)41(59)50(7)8;1-7-18(2)19(3)24(35-5)17-25(31)30-15-11-14-23(30)26(36-6)20(4)27(32)29-22(28(33)34)16-21-12-9-8-10-13-21/h17-20,25-27,30-31,34-36H,11-16,21-24H2,1-10H3,(H,46,55)(H,47,56)(H,48,53)(H,49,57)(H3,44,45,60);8-10,12-13,18-20,22-24,26H,7,11,14-17H2,1-6H3,(H,29,32)(H,33,34)/t30-,31?,34?,35-,36-;18-,19?,20+,22-,23-,24+,26+/m00/s1. The van der Waals surface area contributed by atoms with Crippen molar-refractivity contribution in [2.75, 3.05) is 66.6 Å². The highest BCUT2D eigenvalue weighted by Gasteiger charge is 2.42. The maximum Gasteiger partial charge on any atom is 0.410 e. The molecule has 99 heavy (non-hydrogen) atoms. The van der Waals surface area contributed by atoms with E-state index in [-0.39, 0.29) is 122 Å². The van der Waals surface area contributed by atoms with Crippen LogP contribution in [0.4, 0.5) is 15.3 Å². The second-order valence-electron chi connectivity index (χ2n) is 27.0. The maximum atomic E-state index is 13.6. The van der Waals surface area contributed by atoms with Crippen LogP contribution in [0.5, 0.6) is 0 Å². The number of benzene rings is 2. The number of hydrogen-bond acceptors (Lipinski definition) is 16. The van der Waals surface area contributed by atoms with Gasteiger partial charge in [0.05, 0.1) is 35.8 Å². The third-order valence-electron chi connectivity index (χ3n) is 18.4. The third-order valence-corrected chi connectivity index (χ3v) is 19.3. The molecule has 3 unspecified atom stereocenters. The molecule has 554 valence electrons. The summed E-state index contributed by atoms with van der Waals surface area (Å²) in [6, 6.07) is 9.90. The number of carbonyl (C=O) groups is 12. The molecule has 2 heterocycles. The predicted octanol–water partition coefficient (Wildman–Crippen LogP) is 6.10. The highest BCUT2D eigenvalue weighted by molar-refractivity contribution is 8.00. The number of nitrogens with two attached hydrogens (primary N) is 1. The van der Waals surface area contributed by atoms with Crippen molar-refractivity contribution in [3.05, 3.63) is 65.7 Å². The Hall–Kier alpha value is -7.85. The molecule has 2 aromatic carbocycles. The van der Waals surface area contributed by atoms with E-state index in [1.165, 1.54) is 40.6 Å². The Morgan fingerprint density at radius 2 is 1.36 bits per heavy atom. The van der Waals surface area contributed by atoms with Crippen LogP contribution in [0, 0.1) is 35.5 Å². The summed E-state index contributed by atoms with van der Waals surface area (Å²) in [6.45, 7) is 19.8. The number of anilines is 1. The zero-order valence-electron chi connectivity index (χ0n) is 61.0. The second-order valence-corrected chi connectivity index (χ2v) is 28.0. The molecule has 0 spiro atoms. The summed E-state index contributed by atoms with van der Waals surface area (Å²) >= 11 is 1.36. The van der Waals surface area contributed by atoms with Gasteiger partial charge in [-0.15, -0.1) is 0 Å². The minimum atomic E-state index is -1.09. The molecule has 0 aromatic heterocycles. The van der Waals surface area contributed by atoms with Crippen molar-refractivity contribution in [3.63, 3.8) is 0 Å². The summed E-state index contributed by atoms with van der Waals surface area (Å²) in [5, 5.41) is 25.6. The lowest BCUT2D eigenvalue weighted by molar-refractivity contribution is -0.145. The summed E-state index contributed by atoms with van der Waals surface area (Å²) in [5.41, 5.74) is 6.97. The van der Waals surface area contributed by atoms with E-state index in [2.05, 4.69) is 52.7 Å². The number of primary amides is 1. The van der Waals surface area contributed by atoms with E-state index in [1.54, 1.807) is 86.3 Å². The first kappa shape index (κ1) is 85.4. The van der Waals surface area contributed by atoms with E-state index in [9.17, 15) is 62.6 Å². The van der Waals surface area contributed by atoms with Gasteiger partial charge < -0.3 is 66.8 Å². The Morgan fingerprint density at radius 3 is 1.91 bits per heavy atom. The maximum absolute atomic E-state index is 13.6. The molecule has 0 radical (unpaired) electrons. The summed E-state index contributed by atoms with van der Waals surface area (Å²) < 4.78 is 17.0. The molecule has 9 N–H and O–H groups in total. The Kier molecular flexibility index (Phi) is 37.0. The molecule has 12 amide bonds. The van der Waals surface area contributed by atoms with Gasteiger partial charge in [-0.05, 0) is 97.6 Å². The van der Waals surface area contributed by atoms with Crippen molar-refractivity contribution >= 4 is 88.7 Å². The van der Waals surface area contributed by atoms with Crippen LogP contribution >= 0.6 is 11.8 Å². The average molecular weight is 1410 g/mol. The number of carboxylic acids is 1. The van der Waals surface area contributed by atoms with Gasteiger partial charge in [-0.2, -0.15) is 11.8 Å². The Morgan fingerprint density at radius 1 is 0.727 bits per heavy atom. The molecule has 2 aliphatic rings. The molecule has 12 atom stereocenters. The molecule has 2 aromatic rings. The lowest BCUT2D eigenvalue weighted by Gasteiger charge is -2.35. The normalized spacial score (nSPS) is 17.5. The van der Waals surface area contributed by atoms with Crippen LogP contribution in [0.2, 0.25) is 0 Å². The molecular weight excluding hydrogens is 1290 g/mol. The highest BCUT2D eigenvalue weighted by Crippen LogP contribution is 2.30. The van der Waals surface area contributed by atoms with E-state index >= 15 is 0 Å². The minimum Gasteiger partial charge on any atom is -0.480 e. The number of methoxy groups -OCH3 is 2. The van der Waals surface area contributed by atoms with Crippen LogP contribution in [0.25, 0.3) is 0 Å². The number of nitrogens with zero attached hydrogens (tertiary/aromatic N) is 4. The molecule has 28 heteroatoms. The molecule has 0 saturated carbocycles. The van der Waals surface area contributed by atoms with Gasteiger partial charge >= 0.3 is 18.1 Å². The second kappa shape index (κ2) is 43.0. The van der Waals surface area contributed by atoms with Gasteiger partial charge in [0.15, 0.2) is 0 Å². The minimum absolute atomic E-state index is 0.00153. The van der Waals surface area contributed by atoms with Crippen LogP contribution in [-0.2, 0) is 75.2 Å². The van der Waals surface area contributed by atoms with Crippen molar-refractivity contribution in [1.82, 2.24) is 46.2 Å². The number of hydrogen-bond donors (Lipinski definition) is 8. The largest absolute Gasteiger partial charge is 0.480 e. The van der Waals surface area contributed by atoms with Crippen molar-refractivity contribution in [2.24, 2.45) is 41.2 Å². The van der Waals surface area contributed by atoms with Gasteiger partial charge in [0.25, 0.3) is 0 Å². The first-order chi connectivity index (χ1) is 46.7. The number of likely N-dealkylation sites (tertiary alicyclic amines) is 2. The molecule has 2 aliphatic heterocycles. The van der Waals surface area contributed by atoms with Crippen molar-refractivity contribution in [2.45, 2.75) is 207 Å². The topological polar surface area (TPSA) is 364 Å². The molecule has 4 rings (SSSR count). The summed E-state index contributed by atoms with van der Waals surface area (Å²) in [6.07, 6.45) is 5.73. The highest BCUT2D eigenvalue weighted by atomic mass is 32.2. The Labute approximate surface area is 589 Å². The summed E-state index contributed by atoms with van der Waals surface area (Å²) in [4.78, 5) is 159. The number of carboxylic acid groups (broad SMARTS) is 1. The molecule has 2 saturated heterocycles. The van der Waals surface area contributed by atoms with Crippen LogP contribution in [0.3, 0.4) is 0 Å². The number of urea groups is 1. The molecule has 0 aliphatic carbocycles. The average Bonchev–Trinajstić information content (AvgIpc) is 1.72. The van der Waals surface area contributed by atoms with Gasteiger partial charge in [-0.25, -0.2) is 14.4 Å². The zero-order chi connectivity index (χ0) is 74.4. The predicted molar refractivity (Wildman–Crippen MR) is 378 cm³/mol. The number of carbonyl (C=O) groups excluding carboxylic acids is 11. The fourth-order valence-corrected chi connectivity index (χ4v) is 12.7. The molecule has 0 bridgehead atoms. The molecule has 2 fully saturated rings. The van der Waals surface area contributed by atoms with E-state index in [1.807, 2.05) is 49.1 Å². The number of thioether (sulfide) groups is 1. The lowest BCUT2D eigenvalue weighted by atomic mass is 9.87. The smallest absolute Gasteiger partial charge is 0.410 e. The van der Waals surface area contributed by atoms with Gasteiger partial charge in [0.2, 0.25) is 53.2 Å². The molecular formula is C71H113N11O16S. The van der Waals surface area contributed by atoms with Crippen LogP contribution in [0.15, 0.2) is 54.6 Å². The van der Waals surface area contributed by atoms with Gasteiger partial charge in [-0.3, -0.25) is 53.0 Å². The molecule has 27 nitrogen and oxygen atoms in total. The first-order valence-corrected chi connectivity index (χ1v) is 35.7. The van der Waals surface area contributed by atoms with Crippen molar-refractivity contribution in [1.29, 1.82) is 0 Å². The van der Waals surface area contributed by atoms with E-state index < -0.39 is 84.0 Å². The van der Waals surface area contributed by atoms with Gasteiger partial charge in [0.1, 0.15) is 36.8 Å². The van der Waals surface area contributed by atoms with Crippen molar-refractivity contribution < 1.29 is 76.9 Å². The number of ether oxygens (including phenoxy) is 3. The van der Waals surface area contributed by atoms with Gasteiger partial charge in [-0.1, -0.05) is 125 Å².